The summed E-state index contributed by atoms with van der Waals surface area (Å²) in [6.07, 6.45) is 0.287. The smallest absolute Gasteiger partial charge is 0.240 e. The van der Waals surface area contributed by atoms with Crippen molar-refractivity contribution in [2.75, 3.05) is 4.90 Å². The molecule has 0 unspecified atom stereocenters. The third kappa shape index (κ3) is 4.28. The number of nitrogens with one attached hydrogen (secondary N) is 1. The Morgan fingerprint density at radius 2 is 1.32 bits per heavy atom. The largest absolute Gasteiger partial charge is 0.274 e. The van der Waals surface area contributed by atoms with Gasteiger partial charge in [0.2, 0.25) is 31.9 Å². The van der Waals surface area contributed by atoms with E-state index in [1.165, 1.54) is 48.5 Å². The van der Waals surface area contributed by atoms with Crippen LogP contribution in [0.25, 0.3) is 0 Å². The number of primary sulfonamides is 1. The van der Waals surface area contributed by atoms with Crippen LogP contribution in [0, 0.1) is 0 Å². The van der Waals surface area contributed by atoms with Crippen molar-refractivity contribution in [2.24, 2.45) is 5.14 Å². The highest BCUT2D eigenvalue weighted by atomic mass is 32.2. The molecule has 1 fully saturated rings. The second-order valence-corrected chi connectivity index (χ2v) is 9.46. The minimum Gasteiger partial charge on any atom is -0.274 e. The summed E-state index contributed by atoms with van der Waals surface area (Å²) in [4.78, 5) is 24.4. The number of anilines is 1. The number of benzene rings is 2. The van der Waals surface area contributed by atoms with Gasteiger partial charge < -0.3 is 0 Å². The number of sulfonamides is 2. The Balaban J connectivity index is 1.71. The first kappa shape index (κ1) is 20.1. The van der Waals surface area contributed by atoms with Gasteiger partial charge in [0, 0.05) is 19.4 Å². The van der Waals surface area contributed by atoms with Crippen molar-refractivity contribution in [1.29, 1.82) is 0 Å². The highest BCUT2D eigenvalue weighted by molar-refractivity contribution is 7.89. The highest BCUT2D eigenvalue weighted by Gasteiger charge is 2.30. The molecule has 1 heterocycles. The molecule has 0 atom stereocenters. The highest BCUT2D eigenvalue weighted by Crippen LogP contribution is 2.24. The lowest BCUT2D eigenvalue weighted by Crippen LogP contribution is -2.28. The number of amides is 2. The van der Waals surface area contributed by atoms with E-state index in [1.54, 1.807) is 0 Å². The predicted octanol–water partition coefficient (Wildman–Crippen LogP) is 0.466. The van der Waals surface area contributed by atoms with Crippen molar-refractivity contribution in [1.82, 2.24) is 4.72 Å². The van der Waals surface area contributed by atoms with E-state index >= 15 is 0 Å². The van der Waals surface area contributed by atoms with Gasteiger partial charge in [-0.15, -0.1) is 0 Å². The molecule has 0 spiro atoms. The first-order valence-corrected chi connectivity index (χ1v) is 11.2. The number of hydrogen-bond acceptors (Lipinski definition) is 6. The number of nitrogens with two attached hydrogens (primary N) is 1. The van der Waals surface area contributed by atoms with Crippen LogP contribution in [0.3, 0.4) is 0 Å². The molecule has 1 aliphatic heterocycles. The zero-order valence-corrected chi connectivity index (χ0v) is 16.2. The maximum atomic E-state index is 12.4. The fraction of sp³-hybridized carbons (Fsp3) is 0.176. The Hall–Kier alpha value is -2.60. The molecule has 9 nitrogen and oxygen atoms in total. The van der Waals surface area contributed by atoms with Crippen molar-refractivity contribution in [3.05, 3.63) is 54.1 Å². The summed E-state index contributed by atoms with van der Waals surface area (Å²) in [6, 6.07) is 10.9. The van der Waals surface area contributed by atoms with Crippen LogP contribution < -0.4 is 14.8 Å². The molecule has 2 aromatic rings. The molecule has 0 saturated carbocycles. The summed E-state index contributed by atoms with van der Waals surface area (Å²) in [5, 5.41) is 5.02. The molecule has 0 aliphatic carbocycles. The fourth-order valence-corrected chi connectivity index (χ4v) is 4.23. The number of carbonyl (C=O) groups is 2. The molecule has 2 aromatic carbocycles. The monoisotopic (exact) mass is 423 g/mol. The van der Waals surface area contributed by atoms with E-state index in [0.717, 1.165) is 4.90 Å². The molecule has 0 radical (unpaired) electrons. The van der Waals surface area contributed by atoms with Gasteiger partial charge in [-0.1, -0.05) is 12.1 Å². The molecule has 28 heavy (non-hydrogen) atoms. The third-order valence-electron chi connectivity index (χ3n) is 4.17. The molecular formula is C17H17N3O6S2. The number of imide groups is 1. The Bertz CT molecular complexity index is 1110. The van der Waals surface area contributed by atoms with Crippen molar-refractivity contribution >= 4 is 37.5 Å². The standard InChI is InChI=1S/C17H17N3O6S2/c18-27(23,24)14-5-1-12(2-6-14)11-19-28(25,26)15-7-3-13(4-8-15)20-16(21)9-10-17(20)22/h1-8,19H,9-11H2,(H2,18,23,24). The number of carbonyl (C=O) groups excluding carboxylic acids is 2. The lowest BCUT2D eigenvalue weighted by molar-refractivity contribution is -0.121. The summed E-state index contributed by atoms with van der Waals surface area (Å²) in [7, 11) is -7.66. The van der Waals surface area contributed by atoms with Gasteiger partial charge in [0.25, 0.3) is 0 Å². The molecule has 1 saturated heterocycles. The van der Waals surface area contributed by atoms with E-state index < -0.39 is 20.0 Å². The Kier molecular flexibility index (Phi) is 5.35. The van der Waals surface area contributed by atoms with Gasteiger partial charge in [0.1, 0.15) is 0 Å². The lowest BCUT2D eigenvalue weighted by Gasteiger charge is -2.14. The van der Waals surface area contributed by atoms with E-state index in [1.807, 2.05) is 0 Å². The SMILES string of the molecule is NS(=O)(=O)c1ccc(CNS(=O)(=O)c2ccc(N3C(=O)CCC3=O)cc2)cc1. The molecule has 11 heteroatoms. The fourth-order valence-electron chi connectivity index (χ4n) is 2.70. The summed E-state index contributed by atoms with van der Waals surface area (Å²) >= 11 is 0. The molecule has 0 bridgehead atoms. The Labute approximate surface area is 162 Å². The normalized spacial score (nSPS) is 15.2. The van der Waals surface area contributed by atoms with Crippen LogP contribution in [0.4, 0.5) is 5.69 Å². The van der Waals surface area contributed by atoms with Gasteiger partial charge in [-0.25, -0.2) is 26.7 Å². The van der Waals surface area contributed by atoms with Crippen molar-refractivity contribution in [3.63, 3.8) is 0 Å². The summed E-state index contributed by atoms with van der Waals surface area (Å²) in [6.45, 7) is -0.0575. The second kappa shape index (κ2) is 7.43. The van der Waals surface area contributed by atoms with Crippen LogP contribution in [-0.2, 0) is 36.2 Å². The van der Waals surface area contributed by atoms with Crippen LogP contribution >= 0.6 is 0 Å². The summed E-state index contributed by atoms with van der Waals surface area (Å²) in [5.41, 5.74) is 0.867. The van der Waals surface area contributed by atoms with Crippen LogP contribution in [0.2, 0.25) is 0 Å². The molecule has 3 rings (SSSR count). The van der Waals surface area contributed by atoms with Crippen molar-refractivity contribution in [2.45, 2.75) is 29.2 Å². The van der Waals surface area contributed by atoms with Gasteiger partial charge >= 0.3 is 0 Å². The Morgan fingerprint density at radius 3 is 1.82 bits per heavy atom. The third-order valence-corrected chi connectivity index (χ3v) is 6.52. The van der Waals surface area contributed by atoms with Gasteiger partial charge in [0.05, 0.1) is 15.5 Å². The quantitative estimate of drug-likeness (QED) is 0.646. The van der Waals surface area contributed by atoms with E-state index in [4.69, 9.17) is 5.14 Å². The first-order chi connectivity index (χ1) is 13.1. The van der Waals surface area contributed by atoms with Crippen LogP contribution in [0.5, 0.6) is 0 Å². The van der Waals surface area contributed by atoms with Crippen LogP contribution in [0.15, 0.2) is 58.3 Å². The minimum atomic E-state index is -3.85. The van der Waals surface area contributed by atoms with Gasteiger partial charge in [-0.05, 0) is 42.0 Å². The van der Waals surface area contributed by atoms with Crippen LogP contribution in [0.1, 0.15) is 18.4 Å². The summed E-state index contributed by atoms with van der Waals surface area (Å²) < 4.78 is 49.7. The molecule has 2 amide bonds. The molecule has 0 aromatic heterocycles. The molecular weight excluding hydrogens is 406 g/mol. The van der Waals surface area contributed by atoms with Crippen LogP contribution in [-0.4, -0.2) is 28.6 Å². The number of nitrogens with zero attached hydrogens (tertiary/aromatic N) is 1. The molecule has 148 valence electrons. The number of rotatable bonds is 6. The Morgan fingerprint density at radius 1 is 0.821 bits per heavy atom. The average molecular weight is 423 g/mol. The van der Waals surface area contributed by atoms with Gasteiger partial charge in [0.15, 0.2) is 0 Å². The zero-order chi connectivity index (χ0) is 20.5. The number of hydrogen-bond donors (Lipinski definition) is 2. The average Bonchev–Trinajstić information content (AvgIpc) is 2.98. The molecule has 1 aliphatic rings. The van der Waals surface area contributed by atoms with E-state index in [0.29, 0.717) is 11.3 Å². The van der Waals surface area contributed by atoms with Crippen molar-refractivity contribution in [3.8, 4) is 0 Å². The van der Waals surface area contributed by atoms with Crippen molar-refractivity contribution < 1.29 is 26.4 Å². The predicted molar refractivity (Wildman–Crippen MR) is 100 cm³/mol. The maximum Gasteiger partial charge on any atom is 0.240 e. The van der Waals surface area contributed by atoms with E-state index in [9.17, 15) is 26.4 Å². The van der Waals surface area contributed by atoms with E-state index in [2.05, 4.69) is 4.72 Å². The van der Waals surface area contributed by atoms with Gasteiger partial charge in [-0.2, -0.15) is 0 Å². The lowest BCUT2D eigenvalue weighted by atomic mass is 10.2. The van der Waals surface area contributed by atoms with E-state index in [-0.39, 0.29) is 41.0 Å². The summed E-state index contributed by atoms with van der Waals surface area (Å²) in [5.74, 6) is -0.636. The second-order valence-electron chi connectivity index (χ2n) is 6.13. The molecule has 3 N–H and O–H groups in total. The maximum absolute atomic E-state index is 12.4. The van der Waals surface area contributed by atoms with Gasteiger partial charge in [-0.3, -0.25) is 14.5 Å². The topological polar surface area (TPSA) is 144 Å². The first-order valence-electron chi connectivity index (χ1n) is 8.15. The minimum absolute atomic E-state index is 0.0310. The zero-order valence-electron chi connectivity index (χ0n) is 14.5.